The van der Waals surface area contributed by atoms with E-state index in [2.05, 4.69) is 15.3 Å². The second kappa shape index (κ2) is 4.48. The first-order valence-corrected chi connectivity index (χ1v) is 4.75. The fourth-order valence-electron chi connectivity index (χ4n) is 1.44. The van der Waals surface area contributed by atoms with Crippen molar-refractivity contribution in [2.45, 2.75) is 25.2 Å². The molecule has 0 aliphatic carbocycles. The molecule has 82 valence electrons. The molecule has 1 aromatic heterocycles. The van der Waals surface area contributed by atoms with E-state index in [0.717, 1.165) is 18.8 Å². The number of halogens is 2. The number of nitrogens with one attached hydrogen (secondary N) is 1. The molecule has 0 aromatic carbocycles. The van der Waals surface area contributed by atoms with Crippen LogP contribution in [0.4, 0.5) is 14.7 Å². The zero-order valence-electron chi connectivity index (χ0n) is 7.99. The van der Waals surface area contributed by atoms with Crippen molar-refractivity contribution in [1.29, 1.82) is 0 Å². The number of ether oxygens (including phenoxy) is 1. The topological polar surface area (TPSA) is 47.0 Å². The number of rotatable bonds is 2. The van der Waals surface area contributed by atoms with Crippen LogP contribution in [-0.2, 0) is 4.74 Å². The van der Waals surface area contributed by atoms with Crippen LogP contribution in [0.25, 0.3) is 0 Å². The molecule has 1 aromatic rings. The normalized spacial score (nSPS) is 26.3. The van der Waals surface area contributed by atoms with Gasteiger partial charge in [0, 0.05) is 0 Å². The maximum absolute atomic E-state index is 13.2. The lowest BCUT2D eigenvalue weighted by molar-refractivity contribution is -0.0759. The lowest BCUT2D eigenvalue weighted by Gasteiger charge is -2.26. The van der Waals surface area contributed by atoms with E-state index >= 15 is 0 Å². The van der Waals surface area contributed by atoms with E-state index in [9.17, 15) is 8.78 Å². The Morgan fingerprint density at radius 2 is 2.13 bits per heavy atom. The molecule has 4 nitrogen and oxygen atoms in total. The van der Waals surface area contributed by atoms with Gasteiger partial charge in [0.15, 0.2) is 5.82 Å². The Labute approximate surface area is 85.7 Å². The quantitative estimate of drug-likeness (QED) is 0.812. The smallest absolute Gasteiger partial charge is 0.223 e. The SMILES string of the molecule is Fc1cnc(NC2CCCOC2F)nc1. The third-order valence-corrected chi connectivity index (χ3v) is 2.19. The molecule has 2 unspecified atom stereocenters. The van der Waals surface area contributed by atoms with E-state index in [1.807, 2.05) is 0 Å². The average Bonchev–Trinajstić information content (AvgIpc) is 2.25. The summed E-state index contributed by atoms with van der Waals surface area (Å²) in [5.74, 6) is -0.299. The summed E-state index contributed by atoms with van der Waals surface area (Å²) in [7, 11) is 0. The molecule has 6 heteroatoms. The standard InChI is InChI=1S/C9H11F2N3O/c10-6-4-12-9(13-5-6)14-7-2-1-3-15-8(7)11/h4-5,7-8H,1-3H2,(H,12,13,14). The Hall–Kier alpha value is -1.30. The van der Waals surface area contributed by atoms with E-state index in [4.69, 9.17) is 4.74 Å². The highest BCUT2D eigenvalue weighted by atomic mass is 19.1. The second-order valence-corrected chi connectivity index (χ2v) is 3.34. The predicted molar refractivity (Wildman–Crippen MR) is 49.5 cm³/mol. The zero-order valence-corrected chi connectivity index (χ0v) is 7.99. The summed E-state index contributed by atoms with van der Waals surface area (Å²) in [5, 5.41) is 2.77. The van der Waals surface area contributed by atoms with Crippen molar-refractivity contribution >= 4 is 5.95 Å². The number of aromatic nitrogens is 2. The highest BCUT2D eigenvalue weighted by Gasteiger charge is 2.25. The predicted octanol–water partition coefficient (Wildman–Crippen LogP) is 1.50. The van der Waals surface area contributed by atoms with Crippen molar-refractivity contribution in [3.8, 4) is 0 Å². The van der Waals surface area contributed by atoms with Crippen LogP contribution in [0.1, 0.15) is 12.8 Å². The van der Waals surface area contributed by atoms with Crippen LogP contribution in [0.2, 0.25) is 0 Å². The van der Waals surface area contributed by atoms with E-state index in [-0.39, 0.29) is 5.95 Å². The van der Waals surface area contributed by atoms with Crippen molar-refractivity contribution in [3.63, 3.8) is 0 Å². The minimum atomic E-state index is -1.35. The summed E-state index contributed by atoms with van der Waals surface area (Å²) >= 11 is 0. The van der Waals surface area contributed by atoms with Crippen LogP contribution < -0.4 is 5.32 Å². The summed E-state index contributed by atoms with van der Waals surface area (Å²) in [6, 6.07) is -0.454. The van der Waals surface area contributed by atoms with Crippen LogP contribution in [0, 0.1) is 5.82 Å². The Morgan fingerprint density at radius 3 is 2.80 bits per heavy atom. The Bertz CT molecular complexity index is 320. The molecule has 2 heterocycles. The molecule has 1 aliphatic heterocycles. The number of hydrogen-bond acceptors (Lipinski definition) is 4. The summed E-state index contributed by atoms with van der Waals surface area (Å²) in [6.07, 6.45) is 2.16. The van der Waals surface area contributed by atoms with E-state index in [0.29, 0.717) is 13.0 Å². The zero-order chi connectivity index (χ0) is 10.7. The highest BCUT2D eigenvalue weighted by molar-refractivity contribution is 5.24. The summed E-state index contributed by atoms with van der Waals surface area (Å²) in [5.41, 5.74) is 0. The summed E-state index contributed by atoms with van der Waals surface area (Å²) in [6.45, 7) is 0.434. The minimum Gasteiger partial charge on any atom is -0.347 e. The highest BCUT2D eigenvalue weighted by Crippen LogP contribution is 2.17. The van der Waals surface area contributed by atoms with Crippen LogP contribution in [0.5, 0.6) is 0 Å². The average molecular weight is 215 g/mol. The van der Waals surface area contributed by atoms with Gasteiger partial charge in [-0.05, 0) is 12.8 Å². The van der Waals surface area contributed by atoms with Gasteiger partial charge in [0.2, 0.25) is 12.3 Å². The number of hydrogen-bond donors (Lipinski definition) is 1. The molecular formula is C9H11F2N3O. The minimum absolute atomic E-state index is 0.217. The van der Waals surface area contributed by atoms with Gasteiger partial charge in [-0.1, -0.05) is 0 Å². The van der Waals surface area contributed by atoms with Crippen LogP contribution >= 0.6 is 0 Å². The van der Waals surface area contributed by atoms with E-state index in [1.54, 1.807) is 0 Å². The number of anilines is 1. The van der Waals surface area contributed by atoms with Crippen molar-refractivity contribution in [2.75, 3.05) is 11.9 Å². The Balaban J connectivity index is 1.98. The van der Waals surface area contributed by atoms with Gasteiger partial charge in [-0.3, -0.25) is 0 Å². The molecule has 1 fully saturated rings. The fraction of sp³-hybridized carbons (Fsp3) is 0.556. The van der Waals surface area contributed by atoms with Gasteiger partial charge < -0.3 is 10.1 Å². The summed E-state index contributed by atoms with van der Waals surface area (Å²) in [4.78, 5) is 7.37. The van der Waals surface area contributed by atoms with Crippen molar-refractivity contribution < 1.29 is 13.5 Å². The van der Waals surface area contributed by atoms with Gasteiger partial charge >= 0.3 is 0 Å². The molecule has 0 bridgehead atoms. The molecule has 1 N–H and O–H groups in total. The fourth-order valence-corrected chi connectivity index (χ4v) is 1.44. The summed E-state index contributed by atoms with van der Waals surface area (Å²) < 4.78 is 30.5. The molecule has 1 saturated heterocycles. The lowest BCUT2D eigenvalue weighted by Crippen LogP contribution is -2.37. The van der Waals surface area contributed by atoms with E-state index < -0.39 is 18.2 Å². The maximum atomic E-state index is 13.2. The third kappa shape index (κ3) is 2.59. The van der Waals surface area contributed by atoms with Crippen molar-refractivity contribution in [3.05, 3.63) is 18.2 Å². The van der Waals surface area contributed by atoms with Gasteiger partial charge in [0.25, 0.3) is 0 Å². The number of nitrogens with zero attached hydrogens (tertiary/aromatic N) is 2. The Morgan fingerprint density at radius 1 is 1.40 bits per heavy atom. The van der Waals surface area contributed by atoms with Gasteiger partial charge in [-0.25, -0.2) is 18.7 Å². The Kier molecular flexibility index (Phi) is 3.05. The second-order valence-electron chi connectivity index (χ2n) is 3.34. The van der Waals surface area contributed by atoms with Crippen molar-refractivity contribution in [2.24, 2.45) is 0 Å². The van der Waals surface area contributed by atoms with Crippen LogP contribution in [-0.4, -0.2) is 29.0 Å². The molecule has 2 atom stereocenters. The third-order valence-electron chi connectivity index (χ3n) is 2.19. The molecule has 15 heavy (non-hydrogen) atoms. The van der Waals surface area contributed by atoms with Crippen LogP contribution in [0.3, 0.4) is 0 Å². The largest absolute Gasteiger partial charge is 0.347 e. The van der Waals surface area contributed by atoms with E-state index in [1.165, 1.54) is 0 Å². The first-order valence-electron chi connectivity index (χ1n) is 4.75. The lowest BCUT2D eigenvalue weighted by atomic mass is 10.1. The van der Waals surface area contributed by atoms with Crippen molar-refractivity contribution in [1.82, 2.24) is 9.97 Å². The molecule has 0 amide bonds. The van der Waals surface area contributed by atoms with Crippen LogP contribution in [0.15, 0.2) is 12.4 Å². The molecule has 0 radical (unpaired) electrons. The number of alkyl halides is 1. The first-order chi connectivity index (χ1) is 7.25. The van der Waals surface area contributed by atoms with Gasteiger partial charge in [0.05, 0.1) is 25.0 Å². The van der Waals surface area contributed by atoms with Gasteiger partial charge in [0.1, 0.15) is 0 Å². The molecular weight excluding hydrogens is 204 g/mol. The maximum Gasteiger partial charge on any atom is 0.223 e. The molecule has 2 rings (SSSR count). The monoisotopic (exact) mass is 215 g/mol. The molecule has 1 aliphatic rings. The van der Waals surface area contributed by atoms with Gasteiger partial charge in [-0.15, -0.1) is 0 Å². The first kappa shape index (κ1) is 10.2. The van der Waals surface area contributed by atoms with Gasteiger partial charge in [-0.2, -0.15) is 0 Å². The molecule has 0 saturated carbocycles. The molecule has 0 spiro atoms.